The van der Waals surface area contributed by atoms with Gasteiger partial charge in [0.1, 0.15) is 0 Å². The molecule has 1 aliphatic carbocycles. The first-order chi connectivity index (χ1) is 15.3. The average Bonchev–Trinajstić information content (AvgIpc) is 3.16. The van der Waals surface area contributed by atoms with Gasteiger partial charge in [-0.2, -0.15) is 0 Å². The summed E-state index contributed by atoms with van der Waals surface area (Å²) in [5, 5.41) is 4.32. The van der Waals surface area contributed by atoms with Gasteiger partial charge < -0.3 is 4.90 Å². The largest absolute Gasteiger partial charge is 0.301 e. The molecule has 0 saturated heterocycles. The zero-order valence-electron chi connectivity index (χ0n) is 20.1. The minimum absolute atomic E-state index is 0.225. The first-order valence-corrected chi connectivity index (χ1v) is 12.6. The molecule has 0 unspecified atom stereocenters. The molecular weight excluding hydrogens is 405 g/mol. The Hall–Kier alpha value is -2.47. The molecule has 0 saturated carbocycles. The highest BCUT2D eigenvalue weighted by atomic mass is 31.1. The smallest absolute Gasteiger partial charge is 0.0493 e. The average molecular weight is 439 g/mol. The van der Waals surface area contributed by atoms with Crippen LogP contribution in [0.15, 0.2) is 90.3 Å². The Morgan fingerprint density at radius 1 is 0.688 bits per heavy atom. The topological polar surface area (TPSA) is 3.24 Å². The van der Waals surface area contributed by atoms with Crippen molar-refractivity contribution in [3.8, 4) is 0 Å². The maximum atomic E-state index is 2.39. The van der Waals surface area contributed by atoms with Crippen LogP contribution in [-0.4, -0.2) is 19.0 Å². The van der Waals surface area contributed by atoms with Crippen LogP contribution in [0.4, 0.5) is 0 Å². The third-order valence-corrected chi connectivity index (χ3v) is 8.36. The lowest BCUT2D eigenvalue weighted by atomic mass is 9.93. The van der Waals surface area contributed by atoms with Gasteiger partial charge in [0.2, 0.25) is 0 Å². The minimum atomic E-state index is -0.669. The lowest BCUT2D eigenvalue weighted by Crippen LogP contribution is -2.27. The quantitative estimate of drug-likeness (QED) is 0.388. The molecule has 1 radical (unpaired) electrons. The van der Waals surface area contributed by atoms with Crippen LogP contribution in [0, 0.1) is 33.6 Å². The van der Waals surface area contributed by atoms with Crippen molar-refractivity contribution in [1.29, 1.82) is 0 Å². The number of nitrogens with zero attached hydrogens (tertiary/aromatic N) is 1. The highest BCUT2D eigenvalue weighted by molar-refractivity contribution is 7.77. The second kappa shape index (κ2) is 9.57. The molecule has 0 bridgehead atoms. The number of allylic oxidation sites excluding steroid dienone is 2. The van der Waals surface area contributed by atoms with Crippen LogP contribution in [0.5, 0.6) is 0 Å². The van der Waals surface area contributed by atoms with Gasteiger partial charge in [-0.3, -0.25) is 0 Å². The van der Waals surface area contributed by atoms with Crippen LogP contribution in [0.1, 0.15) is 33.9 Å². The van der Waals surface area contributed by atoms with Gasteiger partial charge in [-0.25, -0.2) is 0 Å². The molecule has 32 heavy (non-hydrogen) atoms. The van der Waals surface area contributed by atoms with Gasteiger partial charge in [-0.15, -0.1) is 0 Å². The Kier molecular flexibility index (Phi) is 6.79. The van der Waals surface area contributed by atoms with Crippen molar-refractivity contribution in [2.24, 2.45) is 0 Å². The molecule has 0 heterocycles. The normalized spacial score (nSPS) is 14.9. The third-order valence-electron chi connectivity index (χ3n) is 5.92. The van der Waals surface area contributed by atoms with E-state index in [4.69, 9.17) is 0 Å². The Morgan fingerprint density at radius 3 is 1.66 bits per heavy atom. The summed E-state index contributed by atoms with van der Waals surface area (Å²) < 4.78 is 0. The molecule has 3 aromatic rings. The van der Waals surface area contributed by atoms with E-state index in [1.165, 1.54) is 49.7 Å². The van der Waals surface area contributed by atoms with Crippen molar-refractivity contribution in [3.05, 3.63) is 124 Å². The Morgan fingerprint density at radius 2 is 1.19 bits per heavy atom. The first-order valence-electron chi connectivity index (χ1n) is 11.3. The minimum Gasteiger partial charge on any atom is -0.301 e. The van der Waals surface area contributed by atoms with Gasteiger partial charge in [-0.1, -0.05) is 107 Å². The molecule has 0 fully saturated rings. The van der Waals surface area contributed by atoms with E-state index >= 15 is 0 Å². The molecule has 1 aliphatic rings. The molecule has 0 aliphatic heterocycles. The predicted molar refractivity (Wildman–Crippen MR) is 141 cm³/mol. The zero-order valence-corrected chi connectivity index (χ0v) is 20.9. The summed E-state index contributed by atoms with van der Waals surface area (Å²) in [6.07, 6.45) is 6.92. The molecule has 0 spiro atoms. The number of rotatable bonds is 6. The number of benzene rings is 3. The second-order valence-electron chi connectivity index (χ2n) is 9.17. The highest BCUT2D eigenvalue weighted by Gasteiger charge is 2.34. The maximum Gasteiger partial charge on any atom is 0.0493 e. The lowest BCUT2D eigenvalue weighted by molar-refractivity contribution is 0.324. The summed E-state index contributed by atoms with van der Waals surface area (Å²) in [5.41, 5.74) is 6.66. The van der Waals surface area contributed by atoms with E-state index in [1.807, 2.05) is 0 Å². The van der Waals surface area contributed by atoms with Gasteiger partial charge in [0.05, 0.1) is 0 Å². The highest BCUT2D eigenvalue weighted by Crippen LogP contribution is 2.54. The van der Waals surface area contributed by atoms with E-state index in [-0.39, 0.29) is 6.04 Å². The van der Waals surface area contributed by atoms with E-state index in [2.05, 4.69) is 132 Å². The number of hydrogen-bond acceptors (Lipinski definition) is 1. The van der Waals surface area contributed by atoms with Gasteiger partial charge in [0.25, 0.3) is 0 Å². The van der Waals surface area contributed by atoms with E-state index in [0.29, 0.717) is 0 Å². The molecule has 4 rings (SSSR count). The van der Waals surface area contributed by atoms with E-state index in [0.717, 1.165) is 0 Å². The fourth-order valence-corrected chi connectivity index (χ4v) is 7.71. The van der Waals surface area contributed by atoms with Crippen LogP contribution >= 0.6 is 7.92 Å². The Labute approximate surface area is 195 Å². The third kappa shape index (κ3) is 4.80. The molecule has 2 heteroatoms. The standard InChI is InChI=1S/C30H33NP/c1-21-15-22(2)18-26(17-21)32(27-19-23(3)16-24(4)20-27)29-14-10-13-28(29)30(31(5)6)25-11-8-7-9-12-25/h7-20,30H,1-6H3/t30-/m1/s1. The van der Waals surface area contributed by atoms with Crippen molar-refractivity contribution in [2.45, 2.75) is 33.7 Å². The van der Waals surface area contributed by atoms with E-state index in [9.17, 15) is 0 Å². The van der Waals surface area contributed by atoms with E-state index < -0.39 is 7.92 Å². The van der Waals surface area contributed by atoms with Crippen molar-refractivity contribution in [2.75, 3.05) is 14.1 Å². The molecule has 163 valence electrons. The van der Waals surface area contributed by atoms with Gasteiger partial charge in [-0.05, 0) is 71.2 Å². The summed E-state index contributed by atoms with van der Waals surface area (Å²) in [4.78, 5) is 2.34. The van der Waals surface area contributed by atoms with Crippen molar-refractivity contribution in [1.82, 2.24) is 4.90 Å². The fourth-order valence-electron chi connectivity index (χ4n) is 4.84. The second-order valence-corrected chi connectivity index (χ2v) is 11.4. The van der Waals surface area contributed by atoms with Gasteiger partial charge in [0, 0.05) is 12.0 Å². The zero-order chi connectivity index (χ0) is 22.8. The molecule has 0 aromatic heterocycles. The maximum absolute atomic E-state index is 2.39. The Bertz CT molecular complexity index is 1060. The summed E-state index contributed by atoms with van der Waals surface area (Å²) in [7, 11) is 3.70. The Balaban J connectivity index is 1.87. The van der Waals surface area contributed by atoms with Crippen LogP contribution < -0.4 is 10.6 Å². The molecular formula is C30H33NP. The molecule has 0 N–H and O–H groups in total. The van der Waals surface area contributed by atoms with Crippen LogP contribution in [0.3, 0.4) is 0 Å². The molecule has 0 amide bonds. The number of aryl methyl sites for hydroxylation is 4. The fraction of sp³-hybridized carbons (Fsp3) is 0.233. The summed E-state index contributed by atoms with van der Waals surface area (Å²) >= 11 is 0. The lowest BCUT2D eigenvalue weighted by Gasteiger charge is -2.34. The molecule has 1 nitrogen and oxygen atoms in total. The van der Waals surface area contributed by atoms with Gasteiger partial charge >= 0.3 is 0 Å². The van der Waals surface area contributed by atoms with Crippen LogP contribution in [0.25, 0.3) is 0 Å². The first kappa shape index (κ1) is 22.7. The van der Waals surface area contributed by atoms with Crippen molar-refractivity contribution in [3.63, 3.8) is 0 Å². The monoisotopic (exact) mass is 438 g/mol. The van der Waals surface area contributed by atoms with Crippen LogP contribution in [-0.2, 0) is 0 Å². The van der Waals surface area contributed by atoms with Crippen LogP contribution in [0.2, 0.25) is 0 Å². The van der Waals surface area contributed by atoms with Gasteiger partial charge in [0.15, 0.2) is 0 Å². The molecule has 3 aromatic carbocycles. The van der Waals surface area contributed by atoms with Crippen molar-refractivity contribution < 1.29 is 0 Å². The van der Waals surface area contributed by atoms with Crippen molar-refractivity contribution >= 4 is 18.5 Å². The summed E-state index contributed by atoms with van der Waals surface area (Å²) in [5.74, 6) is 1.41. The summed E-state index contributed by atoms with van der Waals surface area (Å²) in [6.45, 7) is 8.85. The molecule has 1 atom stereocenters. The SMILES string of the molecule is Cc1cc(C)cc(P(C2=CC=C[C]2[C@@H](c2ccccc2)N(C)C)c2cc(C)cc(C)c2)c1. The number of hydrogen-bond donors (Lipinski definition) is 0. The summed E-state index contributed by atoms with van der Waals surface area (Å²) in [6, 6.07) is 25.2. The van der Waals surface area contributed by atoms with E-state index in [1.54, 1.807) is 0 Å². The predicted octanol–water partition coefficient (Wildman–Crippen LogP) is 6.68.